The highest BCUT2D eigenvalue weighted by Gasteiger charge is 2.16. The van der Waals surface area contributed by atoms with Gasteiger partial charge in [0.05, 0.1) is 0 Å². The molecule has 5 heteroatoms. The number of aryl methyl sites for hydroxylation is 1. The van der Waals surface area contributed by atoms with E-state index in [9.17, 15) is 4.79 Å². The van der Waals surface area contributed by atoms with Gasteiger partial charge in [-0.15, -0.1) is 0 Å². The smallest absolute Gasteiger partial charge is 0.250 e. The van der Waals surface area contributed by atoms with Crippen LogP contribution >= 0.6 is 0 Å². The Morgan fingerprint density at radius 1 is 1.40 bits per heavy atom. The minimum absolute atomic E-state index is 0.0574. The van der Waals surface area contributed by atoms with Crippen molar-refractivity contribution >= 4 is 5.96 Å². The minimum Gasteiger partial charge on any atom is -0.370 e. The number of nitrogens with two attached hydrogens (primary N) is 1. The molecular formula is C15H24N4O. The first-order valence-corrected chi connectivity index (χ1v) is 7.45. The van der Waals surface area contributed by atoms with E-state index in [1.165, 1.54) is 19.3 Å². The van der Waals surface area contributed by atoms with Crippen molar-refractivity contribution in [1.29, 1.82) is 0 Å². The van der Waals surface area contributed by atoms with Crippen LogP contribution in [0.1, 0.15) is 32.1 Å². The van der Waals surface area contributed by atoms with E-state index >= 15 is 0 Å². The second-order valence-corrected chi connectivity index (χ2v) is 5.39. The van der Waals surface area contributed by atoms with Gasteiger partial charge in [0, 0.05) is 31.9 Å². The average Bonchev–Trinajstić information content (AvgIpc) is 2.38. The zero-order valence-electron chi connectivity index (χ0n) is 11.9. The Morgan fingerprint density at radius 3 is 2.95 bits per heavy atom. The summed E-state index contributed by atoms with van der Waals surface area (Å²) >= 11 is 0. The highest BCUT2D eigenvalue weighted by Crippen LogP contribution is 2.26. The highest BCUT2D eigenvalue weighted by atomic mass is 16.1. The van der Waals surface area contributed by atoms with Crippen LogP contribution in [0.5, 0.6) is 0 Å². The summed E-state index contributed by atoms with van der Waals surface area (Å²) in [6, 6.07) is 5.23. The number of nitrogens with zero attached hydrogens (tertiary/aromatic N) is 2. The zero-order chi connectivity index (χ0) is 14.2. The van der Waals surface area contributed by atoms with Crippen molar-refractivity contribution in [2.75, 3.05) is 13.1 Å². The number of unbranched alkanes of at least 4 members (excludes halogenated alkanes) is 1. The van der Waals surface area contributed by atoms with Crippen molar-refractivity contribution in [2.45, 2.75) is 38.6 Å². The molecule has 110 valence electrons. The Morgan fingerprint density at radius 2 is 2.25 bits per heavy atom. The number of aromatic nitrogens is 1. The van der Waals surface area contributed by atoms with E-state index in [2.05, 4.69) is 10.3 Å². The molecule has 0 aliphatic heterocycles. The van der Waals surface area contributed by atoms with Crippen LogP contribution < -0.4 is 16.6 Å². The second-order valence-electron chi connectivity index (χ2n) is 5.39. The monoisotopic (exact) mass is 276 g/mol. The van der Waals surface area contributed by atoms with Crippen LogP contribution in [0.3, 0.4) is 0 Å². The number of rotatable bonds is 7. The molecule has 0 unspecified atom stereocenters. The van der Waals surface area contributed by atoms with Crippen LogP contribution in [0.4, 0.5) is 0 Å². The van der Waals surface area contributed by atoms with Gasteiger partial charge in [-0.3, -0.25) is 9.79 Å². The summed E-state index contributed by atoms with van der Waals surface area (Å²) in [5.74, 6) is 1.30. The summed E-state index contributed by atoms with van der Waals surface area (Å²) in [6.07, 6.45) is 7.68. The lowest BCUT2D eigenvalue weighted by Gasteiger charge is -2.23. The van der Waals surface area contributed by atoms with Gasteiger partial charge in [0.1, 0.15) is 0 Å². The number of aliphatic imine (C=N–C) groups is 1. The van der Waals surface area contributed by atoms with Crippen molar-refractivity contribution in [2.24, 2.45) is 16.6 Å². The van der Waals surface area contributed by atoms with Crippen LogP contribution in [0.25, 0.3) is 0 Å². The molecule has 1 heterocycles. The lowest BCUT2D eigenvalue weighted by molar-refractivity contribution is 0.326. The van der Waals surface area contributed by atoms with Gasteiger partial charge in [-0.05, 0) is 37.7 Å². The first kappa shape index (κ1) is 14.6. The molecule has 0 bridgehead atoms. The number of guanidine groups is 1. The summed E-state index contributed by atoms with van der Waals surface area (Å²) in [5.41, 5.74) is 5.86. The van der Waals surface area contributed by atoms with Gasteiger partial charge in [0.25, 0.3) is 0 Å². The van der Waals surface area contributed by atoms with E-state index in [1.54, 1.807) is 16.7 Å². The molecular weight excluding hydrogens is 252 g/mol. The Balaban J connectivity index is 1.57. The van der Waals surface area contributed by atoms with Crippen LogP contribution in [0, 0.1) is 5.92 Å². The fourth-order valence-corrected chi connectivity index (χ4v) is 2.23. The number of hydrogen-bond acceptors (Lipinski definition) is 2. The maximum absolute atomic E-state index is 11.5. The van der Waals surface area contributed by atoms with Crippen LogP contribution in [-0.4, -0.2) is 23.6 Å². The van der Waals surface area contributed by atoms with Crippen molar-refractivity contribution in [1.82, 2.24) is 9.88 Å². The van der Waals surface area contributed by atoms with E-state index in [-0.39, 0.29) is 5.56 Å². The average molecular weight is 276 g/mol. The Hall–Kier alpha value is -1.78. The lowest BCUT2D eigenvalue weighted by atomic mass is 9.86. The van der Waals surface area contributed by atoms with E-state index in [0.29, 0.717) is 5.96 Å². The molecule has 0 atom stereocenters. The maximum Gasteiger partial charge on any atom is 0.250 e. The van der Waals surface area contributed by atoms with Gasteiger partial charge >= 0.3 is 0 Å². The molecule has 0 aromatic carbocycles. The molecule has 1 aromatic heterocycles. The minimum atomic E-state index is 0.0574. The molecule has 1 saturated carbocycles. The molecule has 0 amide bonds. The second kappa shape index (κ2) is 7.72. The molecule has 3 N–H and O–H groups in total. The van der Waals surface area contributed by atoms with Gasteiger partial charge in [0.2, 0.25) is 5.56 Å². The van der Waals surface area contributed by atoms with Gasteiger partial charge in [0.15, 0.2) is 5.96 Å². The third kappa shape index (κ3) is 4.72. The van der Waals surface area contributed by atoms with Crippen molar-refractivity contribution in [3.05, 3.63) is 34.7 Å². The Labute approximate surface area is 119 Å². The fraction of sp³-hybridized carbons (Fsp3) is 0.600. The van der Waals surface area contributed by atoms with Gasteiger partial charge < -0.3 is 15.6 Å². The van der Waals surface area contributed by atoms with Gasteiger partial charge in [-0.25, -0.2) is 0 Å². The highest BCUT2D eigenvalue weighted by molar-refractivity contribution is 5.77. The zero-order valence-corrected chi connectivity index (χ0v) is 11.9. The van der Waals surface area contributed by atoms with Crippen molar-refractivity contribution in [3.8, 4) is 0 Å². The van der Waals surface area contributed by atoms with Crippen molar-refractivity contribution in [3.63, 3.8) is 0 Å². The van der Waals surface area contributed by atoms with E-state index in [4.69, 9.17) is 5.73 Å². The number of nitrogens with one attached hydrogen (secondary N) is 1. The molecule has 2 rings (SSSR count). The first-order chi connectivity index (χ1) is 9.75. The van der Waals surface area contributed by atoms with Crippen molar-refractivity contribution < 1.29 is 0 Å². The lowest BCUT2D eigenvalue weighted by Crippen LogP contribution is -2.33. The maximum atomic E-state index is 11.5. The van der Waals surface area contributed by atoms with Crippen LogP contribution in [-0.2, 0) is 6.54 Å². The standard InChI is InChI=1S/C15H24N4O/c16-15(18-12-13-6-5-7-13)17-9-2-4-11-19-10-3-1-8-14(19)20/h1,3,8,10,13H,2,4-7,9,11-12H2,(H3,16,17,18). The quantitative estimate of drug-likeness (QED) is 0.448. The molecule has 0 saturated heterocycles. The predicted octanol–water partition coefficient (Wildman–Crippen LogP) is 1.33. The predicted molar refractivity (Wildman–Crippen MR) is 81.8 cm³/mol. The Kier molecular flexibility index (Phi) is 5.65. The van der Waals surface area contributed by atoms with E-state index < -0.39 is 0 Å². The normalized spacial score (nSPS) is 15.9. The SMILES string of the molecule is NC(=NCC1CCC1)NCCCCn1ccccc1=O. The third-order valence-corrected chi connectivity index (χ3v) is 3.78. The number of hydrogen-bond donors (Lipinski definition) is 2. The number of pyridine rings is 1. The first-order valence-electron chi connectivity index (χ1n) is 7.45. The van der Waals surface area contributed by atoms with Crippen LogP contribution in [0.15, 0.2) is 34.2 Å². The third-order valence-electron chi connectivity index (χ3n) is 3.78. The van der Waals surface area contributed by atoms with E-state index in [1.807, 2.05) is 12.3 Å². The molecule has 20 heavy (non-hydrogen) atoms. The van der Waals surface area contributed by atoms with Crippen LogP contribution in [0.2, 0.25) is 0 Å². The molecule has 1 fully saturated rings. The topological polar surface area (TPSA) is 72.4 Å². The molecule has 0 spiro atoms. The molecule has 5 nitrogen and oxygen atoms in total. The molecule has 1 aliphatic carbocycles. The summed E-state index contributed by atoms with van der Waals surface area (Å²) in [7, 11) is 0. The summed E-state index contributed by atoms with van der Waals surface area (Å²) in [6.45, 7) is 2.42. The molecule has 0 radical (unpaired) electrons. The van der Waals surface area contributed by atoms with E-state index in [0.717, 1.165) is 38.4 Å². The van der Waals surface area contributed by atoms with Gasteiger partial charge in [-0.2, -0.15) is 0 Å². The summed E-state index contributed by atoms with van der Waals surface area (Å²) in [5, 5.41) is 3.13. The molecule has 1 aromatic rings. The largest absolute Gasteiger partial charge is 0.370 e. The molecule has 1 aliphatic rings. The fourth-order valence-electron chi connectivity index (χ4n) is 2.23. The Bertz CT molecular complexity index is 491. The van der Waals surface area contributed by atoms with Gasteiger partial charge in [-0.1, -0.05) is 12.5 Å². The summed E-state index contributed by atoms with van der Waals surface area (Å²) < 4.78 is 1.73. The summed E-state index contributed by atoms with van der Waals surface area (Å²) in [4.78, 5) is 15.8.